The lowest BCUT2D eigenvalue weighted by Gasteiger charge is -2.23. The van der Waals surface area contributed by atoms with Crippen LogP contribution in [0.2, 0.25) is 0 Å². The van der Waals surface area contributed by atoms with Gasteiger partial charge in [0.2, 0.25) is 0 Å². The van der Waals surface area contributed by atoms with Crippen molar-refractivity contribution >= 4 is 18.3 Å². The first kappa shape index (κ1) is 18.5. The van der Waals surface area contributed by atoms with Crippen molar-refractivity contribution in [3.8, 4) is 0 Å². The van der Waals surface area contributed by atoms with Gasteiger partial charge >= 0.3 is 0 Å². The number of rotatable bonds is 4. The van der Waals surface area contributed by atoms with Crippen molar-refractivity contribution in [2.24, 2.45) is 11.7 Å². The average molecular weight is 345 g/mol. The van der Waals surface area contributed by atoms with Gasteiger partial charge in [0.1, 0.15) is 0 Å². The Kier molecular flexibility index (Phi) is 6.41. The summed E-state index contributed by atoms with van der Waals surface area (Å²) in [4.78, 5) is 15.0. The minimum Gasteiger partial charge on any atom is -0.336 e. The van der Waals surface area contributed by atoms with Gasteiger partial charge in [0.05, 0.1) is 0 Å². The molecule has 2 unspecified atom stereocenters. The molecule has 2 aromatic rings. The van der Waals surface area contributed by atoms with E-state index in [-0.39, 0.29) is 24.4 Å². The first-order valence-electron chi connectivity index (χ1n) is 8.32. The van der Waals surface area contributed by atoms with E-state index in [4.69, 9.17) is 5.73 Å². The molecule has 0 aliphatic carbocycles. The highest BCUT2D eigenvalue weighted by atomic mass is 35.5. The monoisotopic (exact) mass is 344 g/mol. The maximum Gasteiger partial charge on any atom is 0.254 e. The Hall–Kier alpha value is -1.84. The number of nitrogens with two attached hydrogens (primary N) is 1. The van der Waals surface area contributed by atoms with E-state index in [1.54, 1.807) is 0 Å². The van der Waals surface area contributed by atoms with Crippen LogP contribution in [-0.4, -0.2) is 29.9 Å². The number of likely N-dealkylation sites (tertiary alicyclic amines) is 1. The van der Waals surface area contributed by atoms with E-state index in [1.807, 2.05) is 41.3 Å². The summed E-state index contributed by atoms with van der Waals surface area (Å²) in [7, 11) is 0. The number of hydrogen-bond donors (Lipinski definition) is 1. The van der Waals surface area contributed by atoms with E-state index in [1.165, 1.54) is 5.56 Å². The minimum absolute atomic E-state index is 0. The molecule has 0 saturated carbocycles. The molecule has 1 amide bonds. The smallest absolute Gasteiger partial charge is 0.254 e. The number of benzene rings is 2. The van der Waals surface area contributed by atoms with Crippen LogP contribution in [0.5, 0.6) is 0 Å². The van der Waals surface area contributed by atoms with Crippen molar-refractivity contribution in [1.29, 1.82) is 0 Å². The van der Waals surface area contributed by atoms with Gasteiger partial charge in [-0.1, -0.05) is 48.5 Å². The molecule has 0 spiro atoms. The highest BCUT2D eigenvalue weighted by molar-refractivity contribution is 5.96. The first-order valence-corrected chi connectivity index (χ1v) is 8.32. The number of nitrogens with zero attached hydrogens (tertiary/aromatic N) is 1. The fourth-order valence-electron chi connectivity index (χ4n) is 3.45. The Labute approximate surface area is 150 Å². The van der Waals surface area contributed by atoms with Crippen LogP contribution in [0, 0.1) is 5.92 Å². The van der Waals surface area contributed by atoms with Crippen LogP contribution in [0.25, 0.3) is 0 Å². The lowest BCUT2D eigenvalue weighted by molar-refractivity contribution is 0.0742. The maximum absolute atomic E-state index is 13.0. The Morgan fingerprint density at radius 3 is 2.46 bits per heavy atom. The summed E-state index contributed by atoms with van der Waals surface area (Å²) in [5.41, 5.74) is 8.93. The molecule has 3 rings (SSSR count). The second-order valence-corrected chi connectivity index (χ2v) is 6.46. The fourth-order valence-corrected chi connectivity index (χ4v) is 3.45. The molecule has 1 fully saturated rings. The van der Waals surface area contributed by atoms with E-state index in [0.717, 1.165) is 30.5 Å². The summed E-state index contributed by atoms with van der Waals surface area (Å²) < 4.78 is 0. The topological polar surface area (TPSA) is 46.3 Å². The third kappa shape index (κ3) is 3.97. The standard InChI is InChI=1S/C20H24N2O.ClH/c1-15-11-17(13-21)14-22(15)20(23)19-10-6-5-9-18(19)12-16-7-3-2-4-8-16;/h2-10,15,17H,11-14,21H2,1H3;1H. The van der Waals surface area contributed by atoms with Crippen LogP contribution in [0.3, 0.4) is 0 Å². The third-order valence-electron chi connectivity index (χ3n) is 4.74. The van der Waals surface area contributed by atoms with E-state index in [0.29, 0.717) is 12.5 Å². The molecule has 1 aliphatic rings. The van der Waals surface area contributed by atoms with Gasteiger partial charge in [0.25, 0.3) is 5.91 Å². The van der Waals surface area contributed by atoms with Gasteiger partial charge in [0.15, 0.2) is 0 Å². The Morgan fingerprint density at radius 1 is 1.12 bits per heavy atom. The largest absolute Gasteiger partial charge is 0.336 e. The number of halogens is 1. The van der Waals surface area contributed by atoms with Crippen molar-refractivity contribution < 1.29 is 4.79 Å². The molecule has 2 aromatic carbocycles. The van der Waals surface area contributed by atoms with Crippen molar-refractivity contribution in [2.45, 2.75) is 25.8 Å². The van der Waals surface area contributed by atoms with Crippen LogP contribution in [-0.2, 0) is 6.42 Å². The molecule has 1 aliphatic heterocycles. The molecule has 1 heterocycles. The summed E-state index contributed by atoms with van der Waals surface area (Å²) in [6.07, 6.45) is 1.79. The third-order valence-corrected chi connectivity index (χ3v) is 4.74. The van der Waals surface area contributed by atoms with Crippen molar-refractivity contribution in [2.75, 3.05) is 13.1 Å². The van der Waals surface area contributed by atoms with Gasteiger partial charge in [-0.15, -0.1) is 12.4 Å². The Bertz CT molecular complexity index is 674. The fraction of sp³-hybridized carbons (Fsp3) is 0.350. The highest BCUT2D eigenvalue weighted by Gasteiger charge is 2.32. The van der Waals surface area contributed by atoms with Crippen molar-refractivity contribution in [1.82, 2.24) is 4.90 Å². The summed E-state index contributed by atoms with van der Waals surface area (Å²) in [6, 6.07) is 18.5. The highest BCUT2D eigenvalue weighted by Crippen LogP contribution is 2.25. The SMILES string of the molecule is CC1CC(CN)CN1C(=O)c1ccccc1Cc1ccccc1.Cl. The first-order chi connectivity index (χ1) is 11.2. The van der Waals surface area contributed by atoms with Gasteiger partial charge in [-0.2, -0.15) is 0 Å². The quantitative estimate of drug-likeness (QED) is 0.922. The van der Waals surface area contributed by atoms with Crippen molar-refractivity contribution in [3.05, 3.63) is 71.3 Å². The molecule has 0 radical (unpaired) electrons. The number of carbonyl (C=O) groups excluding carboxylic acids is 1. The zero-order valence-electron chi connectivity index (χ0n) is 14.0. The second kappa shape index (κ2) is 8.32. The zero-order chi connectivity index (χ0) is 16.2. The average Bonchev–Trinajstić information content (AvgIpc) is 2.97. The normalized spacial score (nSPS) is 19.8. The number of hydrogen-bond acceptors (Lipinski definition) is 2. The van der Waals surface area contributed by atoms with E-state index in [2.05, 4.69) is 25.1 Å². The molecular weight excluding hydrogens is 320 g/mol. The summed E-state index contributed by atoms with van der Waals surface area (Å²) in [5.74, 6) is 0.565. The molecule has 2 atom stereocenters. The lowest BCUT2D eigenvalue weighted by Crippen LogP contribution is -2.35. The predicted octanol–water partition coefficient (Wildman–Crippen LogP) is 3.51. The van der Waals surface area contributed by atoms with Gasteiger partial charge in [-0.05, 0) is 49.4 Å². The van der Waals surface area contributed by atoms with Crippen molar-refractivity contribution in [3.63, 3.8) is 0 Å². The van der Waals surface area contributed by atoms with Crippen LogP contribution in [0.15, 0.2) is 54.6 Å². The van der Waals surface area contributed by atoms with Crippen LogP contribution in [0.1, 0.15) is 34.8 Å². The molecule has 128 valence electrons. The molecule has 2 N–H and O–H groups in total. The molecular formula is C20H25ClN2O. The van der Waals surface area contributed by atoms with E-state index >= 15 is 0 Å². The molecule has 1 saturated heterocycles. The predicted molar refractivity (Wildman–Crippen MR) is 101 cm³/mol. The Balaban J connectivity index is 0.00000208. The Morgan fingerprint density at radius 2 is 1.79 bits per heavy atom. The molecule has 24 heavy (non-hydrogen) atoms. The van der Waals surface area contributed by atoms with E-state index < -0.39 is 0 Å². The molecule has 0 aromatic heterocycles. The summed E-state index contributed by atoms with van der Waals surface area (Å²) in [5, 5.41) is 0. The van der Waals surface area contributed by atoms with Gasteiger partial charge in [0, 0.05) is 18.2 Å². The molecule has 4 heteroatoms. The van der Waals surface area contributed by atoms with Crippen LogP contribution >= 0.6 is 12.4 Å². The summed E-state index contributed by atoms with van der Waals surface area (Å²) >= 11 is 0. The van der Waals surface area contributed by atoms with Gasteiger partial charge < -0.3 is 10.6 Å². The molecule has 3 nitrogen and oxygen atoms in total. The number of carbonyl (C=O) groups is 1. The minimum atomic E-state index is 0. The summed E-state index contributed by atoms with van der Waals surface area (Å²) in [6.45, 7) is 3.54. The maximum atomic E-state index is 13.0. The lowest BCUT2D eigenvalue weighted by atomic mass is 9.99. The zero-order valence-corrected chi connectivity index (χ0v) is 14.8. The number of amides is 1. The van der Waals surface area contributed by atoms with Gasteiger partial charge in [-0.25, -0.2) is 0 Å². The molecule has 0 bridgehead atoms. The second-order valence-electron chi connectivity index (χ2n) is 6.46. The van der Waals surface area contributed by atoms with Crippen LogP contribution in [0.4, 0.5) is 0 Å². The van der Waals surface area contributed by atoms with Gasteiger partial charge in [-0.3, -0.25) is 4.79 Å². The van der Waals surface area contributed by atoms with E-state index in [9.17, 15) is 4.79 Å². The van der Waals surface area contributed by atoms with Crippen LogP contribution < -0.4 is 5.73 Å².